The van der Waals surface area contributed by atoms with Crippen LogP contribution in [0.4, 0.5) is 11.4 Å². The molecule has 1 aliphatic rings. The Hall–Kier alpha value is -3.40. The van der Waals surface area contributed by atoms with Crippen molar-refractivity contribution >= 4 is 44.8 Å². The van der Waals surface area contributed by atoms with Crippen LogP contribution in [0.3, 0.4) is 0 Å². The summed E-state index contributed by atoms with van der Waals surface area (Å²) >= 11 is 6.04. The zero-order valence-corrected chi connectivity index (χ0v) is 19.1. The van der Waals surface area contributed by atoms with Gasteiger partial charge in [-0.05, 0) is 54.4 Å². The van der Waals surface area contributed by atoms with Crippen LogP contribution in [-0.2, 0) is 19.6 Å². The number of carbonyl (C=O) groups is 2. The number of ether oxygens (including phenoxy) is 1. The summed E-state index contributed by atoms with van der Waals surface area (Å²) < 4.78 is 29.2. The molecule has 1 atom stereocenters. The monoisotopic (exact) mass is 485 g/mol. The summed E-state index contributed by atoms with van der Waals surface area (Å²) in [6.45, 7) is 1.46. The third kappa shape index (κ3) is 4.70. The van der Waals surface area contributed by atoms with E-state index in [4.69, 9.17) is 21.5 Å². The van der Waals surface area contributed by atoms with E-state index in [1.807, 2.05) is 6.92 Å². The lowest BCUT2D eigenvalue weighted by Crippen LogP contribution is -2.47. The van der Waals surface area contributed by atoms with E-state index in [0.717, 1.165) is 5.56 Å². The van der Waals surface area contributed by atoms with E-state index in [0.29, 0.717) is 22.0 Å². The van der Waals surface area contributed by atoms with Crippen LogP contribution in [-0.4, -0.2) is 26.8 Å². The van der Waals surface area contributed by atoms with Gasteiger partial charge in [0, 0.05) is 5.02 Å². The maximum atomic E-state index is 13.3. The summed E-state index contributed by atoms with van der Waals surface area (Å²) in [6, 6.07) is 16.8. The lowest BCUT2D eigenvalue weighted by atomic mass is 10.00. The molecule has 0 aliphatic carbocycles. The van der Waals surface area contributed by atoms with Crippen molar-refractivity contribution in [1.29, 1.82) is 0 Å². The Morgan fingerprint density at radius 1 is 1.12 bits per heavy atom. The number of anilines is 2. The second-order valence-corrected chi connectivity index (χ2v) is 9.46. The van der Waals surface area contributed by atoms with E-state index in [2.05, 4.69) is 5.32 Å². The van der Waals surface area contributed by atoms with Crippen LogP contribution < -0.4 is 20.1 Å². The fourth-order valence-electron chi connectivity index (χ4n) is 3.60. The Bertz CT molecular complexity index is 1350. The number of sulfonamides is 1. The molecule has 170 valence electrons. The van der Waals surface area contributed by atoms with Gasteiger partial charge in [-0.25, -0.2) is 13.6 Å². The van der Waals surface area contributed by atoms with Gasteiger partial charge in [-0.1, -0.05) is 41.9 Å². The summed E-state index contributed by atoms with van der Waals surface area (Å²) in [7, 11) is -4.00. The molecule has 33 heavy (non-hydrogen) atoms. The predicted octanol–water partition coefficient (Wildman–Crippen LogP) is 3.40. The van der Waals surface area contributed by atoms with E-state index in [1.54, 1.807) is 48.5 Å². The summed E-state index contributed by atoms with van der Waals surface area (Å²) in [6.07, 6.45) is 0. The lowest BCUT2D eigenvalue weighted by molar-refractivity contribution is -0.125. The minimum absolute atomic E-state index is 0.161. The first kappa shape index (κ1) is 22.8. The molecule has 1 unspecified atom stereocenters. The predicted molar refractivity (Wildman–Crippen MR) is 125 cm³/mol. The van der Waals surface area contributed by atoms with E-state index in [9.17, 15) is 18.0 Å². The maximum Gasteiger partial charge on any atom is 0.265 e. The zero-order valence-electron chi connectivity index (χ0n) is 17.5. The van der Waals surface area contributed by atoms with Crippen molar-refractivity contribution in [3.63, 3.8) is 0 Å². The van der Waals surface area contributed by atoms with Crippen molar-refractivity contribution in [1.82, 2.24) is 0 Å². The quantitative estimate of drug-likeness (QED) is 0.574. The summed E-state index contributed by atoms with van der Waals surface area (Å²) in [5, 5.41) is 8.48. The fraction of sp³-hybridized carbons (Fsp3) is 0.130. The zero-order chi connectivity index (χ0) is 23.8. The van der Waals surface area contributed by atoms with Gasteiger partial charge in [0.15, 0.2) is 6.61 Å². The van der Waals surface area contributed by atoms with Gasteiger partial charge in [0.1, 0.15) is 11.8 Å². The molecule has 0 saturated heterocycles. The highest BCUT2D eigenvalue weighted by atomic mass is 35.5. The van der Waals surface area contributed by atoms with Gasteiger partial charge in [-0.2, -0.15) is 0 Å². The first-order valence-electron chi connectivity index (χ1n) is 9.89. The topological polar surface area (TPSA) is 119 Å². The number of amides is 2. The number of hydrogen-bond acceptors (Lipinski definition) is 5. The Labute approximate surface area is 196 Å². The Morgan fingerprint density at radius 2 is 1.85 bits per heavy atom. The molecule has 0 saturated carbocycles. The van der Waals surface area contributed by atoms with Crippen molar-refractivity contribution in [2.75, 3.05) is 16.8 Å². The number of primary sulfonamides is 1. The van der Waals surface area contributed by atoms with Crippen molar-refractivity contribution in [3.05, 3.63) is 82.9 Å². The van der Waals surface area contributed by atoms with Crippen molar-refractivity contribution < 1.29 is 22.7 Å². The molecule has 0 fully saturated rings. The molecule has 10 heteroatoms. The maximum absolute atomic E-state index is 13.3. The highest BCUT2D eigenvalue weighted by molar-refractivity contribution is 7.89. The SMILES string of the molecule is Cc1cc(OCC(=O)N2c3ccc(S(N)(=O)=O)cc3NC(=O)C2c2ccccc2)ccc1Cl. The number of carbonyl (C=O) groups excluding carboxylic acids is 2. The van der Waals surface area contributed by atoms with Gasteiger partial charge in [0.25, 0.3) is 11.8 Å². The van der Waals surface area contributed by atoms with Gasteiger partial charge in [-0.3, -0.25) is 14.5 Å². The Morgan fingerprint density at radius 3 is 2.52 bits per heavy atom. The molecule has 8 nitrogen and oxygen atoms in total. The van der Waals surface area contributed by atoms with Gasteiger partial charge in [0.05, 0.1) is 16.3 Å². The van der Waals surface area contributed by atoms with Crippen molar-refractivity contribution in [3.8, 4) is 5.75 Å². The number of aryl methyl sites for hydroxylation is 1. The molecule has 0 spiro atoms. The van der Waals surface area contributed by atoms with Crippen LogP contribution in [0.15, 0.2) is 71.6 Å². The van der Waals surface area contributed by atoms with Gasteiger partial charge in [-0.15, -0.1) is 0 Å². The smallest absolute Gasteiger partial charge is 0.265 e. The number of fused-ring (bicyclic) bond motifs is 1. The summed E-state index contributed by atoms with van der Waals surface area (Å²) in [5.74, 6) is -0.528. The average molecular weight is 486 g/mol. The van der Waals surface area contributed by atoms with E-state index < -0.39 is 27.9 Å². The molecule has 3 aromatic carbocycles. The lowest BCUT2D eigenvalue weighted by Gasteiger charge is -2.36. The minimum atomic E-state index is -4.00. The normalized spacial score (nSPS) is 15.5. The van der Waals surface area contributed by atoms with E-state index in [1.165, 1.54) is 23.1 Å². The van der Waals surface area contributed by atoms with Crippen LogP contribution >= 0.6 is 11.6 Å². The van der Waals surface area contributed by atoms with Crippen LogP contribution in [0.2, 0.25) is 5.02 Å². The molecule has 1 heterocycles. The van der Waals surface area contributed by atoms with Crippen LogP contribution in [0.5, 0.6) is 5.75 Å². The number of hydrogen-bond donors (Lipinski definition) is 2. The molecular weight excluding hydrogens is 466 g/mol. The molecule has 3 aromatic rings. The molecule has 0 radical (unpaired) electrons. The van der Waals surface area contributed by atoms with Gasteiger partial charge >= 0.3 is 0 Å². The standard InChI is InChI=1S/C23H20ClN3O5S/c1-14-11-16(7-9-18(14)24)32-13-21(28)27-20-10-8-17(33(25,30)31)12-19(20)26-23(29)22(27)15-5-3-2-4-6-15/h2-12,22H,13H2,1H3,(H,26,29)(H2,25,30,31). The first-order chi connectivity index (χ1) is 15.6. The first-order valence-corrected chi connectivity index (χ1v) is 11.8. The van der Waals surface area contributed by atoms with Crippen LogP contribution in [0.1, 0.15) is 17.2 Å². The van der Waals surface area contributed by atoms with Crippen LogP contribution in [0.25, 0.3) is 0 Å². The third-order valence-corrected chi connectivity index (χ3v) is 6.53. The number of nitrogens with two attached hydrogens (primary N) is 1. The second-order valence-electron chi connectivity index (χ2n) is 7.49. The molecule has 0 aromatic heterocycles. The fourth-order valence-corrected chi connectivity index (χ4v) is 4.25. The minimum Gasteiger partial charge on any atom is -0.484 e. The molecule has 4 rings (SSSR count). The Balaban J connectivity index is 1.72. The molecule has 0 bridgehead atoms. The summed E-state index contributed by atoms with van der Waals surface area (Å²) in [4.78, 5) is 27.5. The van der Waals surface area contributed by atoms with Gasteiger partial charge < -0.3 is 10.1 Å². The van der Waals surface area contributed by atoms with Gasteiger partial charge in [0.2, 0.25) is 10.0 Å². The second kappa shape index (κ2) is 8.86. The van der Waals surface area contributed by atoms with Crippen molar-refractivity contribution in [2.45, 2.75) is 17.9 Å². The molecular formula is C23H20ClN3O5S. The van der Waals surface area contributed by atoms with E-state index in [-0.39, 0.29) is 17.2 Å². The number of nitrogens with zero attached hydrogens (tertiary/aromatic N) is 1. The largest absolute Gasteiger partial charge is 0.484 e. The number of halogens is 1. The van der Waals surface area contributed by atoms with Crippen LogP contribution in [0, 0.1) is 6.92 Å². The van der Waals surface area contributed by atoms with E-state index >= 15 is 0 Å². The third-order valence-electron chi connectivity index (χ3n) is 5.20. The average Bonchev–Trinajstić information content (AvgIpc) is 2.78. The summed E-state index contributed by atoms with van der Waals surface area (Å²) in [5.41, 5.74) is 1.87. The molecule has 2 amide bonds. The molecule has 1 aliphatic heterocycles. The van der Waals surface area contributed by atoms with Crippen molar-refractivity contribution in [2.24, 2.45) is 5.14 Å². The Kier molecular flexibility index (Phi) is 6.11. The number of rotatable bonds is 5. The highest BCUT2D eigenvalue weighted by Gasteiger charge is 2.38. The number of benzene rings is 3. The highest BCUT2D eigenvalue weighted by Crippen LogP contribution is 2.39. The number of nitrogens with one attached hydrogen (secondary N) is 1. The molecule has 3 N–H and O–H groups in total.